The number of thiophene rings is 1. The average Bonchev–Trinajstić information content (AvgIpc) is 2.37. The summed E-state index contributed by atoms with van der Waals surface area (Å²) in [5.41, 5.74) is 0. The van der Waals surface area contributed by atoms with E-state index in [2.05, 4.69) is 15.9 Å². The molecular formula is C8H11BrOS. The van der Waals surface area contributed by atoms with Crippen molar-refractivity contribution in [1.82, 2.24) is 0 Å². The van der Waals surface area contributed by atoms with E-state index in [1.54, 1.807) is 11.3 Å². The Morgan fingerprint density at radius 3 is 2.91 bits per heavy atom. The first-order valence-corrected chi connectivity index (χ1v) is 5.31. The van der Waals surface area contributed by atoms with Crippen LogP contribution >= 0.6 is 27.3 Å². The van der Waals surface area contributed by atoms with Gasteiger partial charge in [-0.2, -0.15) is 0 Å². The summed E-state index contributed by atoms with van der Waals surface area (Å²) >= 11 is 5.11. The van der Waals surface area contributed by atoms with Crippen molar-refractivity contribution in [3.05, 3.63) is 20.8 Å². The van der Waals surface area contributed by atoms with Gasteiger partial charge in [-0.3, -0.25) is 0 Å². The van der Waals surface area contributed by atoms with E-state index >= 15 is 0 Å². The van der Waals surface area contributed by atoms with Crippen LogP contribution in [0.5, 0.6) is 0 Å². The zero-order chi connectivity index (χ0) is 8.27. The van der Waals surface area contributed by atoms with Crippen LogP contribution in [0, 0.1) is 0 Å². The third kappa shape index (κ3) is 2.58. The molecule has 3 heteroatoms. The maximum Gasteiger partial charge on any atom is 0.0586 e. The van der Waals surface area contributed by atoms with Crippen molar-refractivity contribution in [2.75, 3.05) is 0 Å². The average molecular weight is 235 g/mol. The molecule has 0 aliphatic rings. The molecule has 1 aromatic rings. The van der Waals surface area contributed by atoms with E-state index in [0.717, 1.165) is 17.3 Å². The lowest BCUT2D eigenvalue weighted by Crippen LogP contribution is -2.07. The van der Waals surface area contributed by atoms with E-state index in [-0.39, 0.29) is 6.10 Å². The Morgan fingerprint density at radius 2 is 2.45 bits per heavy atom. The van der Waals surface area contributed by atoms with Gasteiger partial charge in [-0.25, -0.2) is 0 Å². The number of hydrogen-bond donors (Lipinski definition) is 1. The van der Waals surface area contributed by atoms with E-state index in [9.17, 15) is 5.11 Å². The fourth-order valence-electron chi connectivity index (χ4n) is 0.829. The van der Waals surface area contributed by atoms with Gasteiger partial charge >= 0.3 is 0 Å². The van der Waals surface area contributed by atoms with Crippen molar-refractivity contribution in [2.45, 2.75) is 25.9 Å². The Morgan fingerprint density at radius 1 is 1.73 bits per heavy atom. The molecule has 0 aliphatic carbocycles. The minimum absolute atomic E-state index is 0.190. The second-order valence-electron chi connectivity index (χ2n) is 2.46. The molecule has 11 heavy (non-hydrogen) atoms. The van der Waals surface area contributed by atoms with E-state index in [0.29, 0.717) is 0 Å². The lowest BCUT2D eigenvalue weighted by Gasteiger charge is -2.04. The molecule has 62 valence electrons. The highest BCUT2D eigenvalue weighted by atomic mass is 79.9. The first-order valence-electron chi connectivity index (χ1n) is 3.64. The summed E-state index contributed by atoms with van der Waals surface area (Å²) in [6.07, 6.45) is 1.41. The van der Waals surface area contributed by atoms with E-state index in [1.165, 1.54) is 4.88 Å². The molecule has 1 aromatic heterocycles. The summed E-state index contributed by atoms with van der Waals surface area (Å²) in [4.78, 5) is 1.24. The first kappa shape index (κ1) is 9.23. The summed E-state index contributed by atoms with van der Waals surface area (Å²) < 4.78 is 1.12. The maximum atomic E-state index is 9.34. The molecule has 0 spiro atoms. The van der Waals surface area contributed by atoms with Crippen LogP contribution in [0.15, 0.2) is 15.9 Å². The smallest absolute Gasteiger partial charge is 0.0586 e. The molecule has 1 N–H and O–H groups in total. The van der Waals surface area contributed by atoms with Gasteiger partial charge in [0.2, 0.25) is 0 Å². The van der Waals surface area contributed by atoms with Crippen LogP contribution < -0.4 is 0 Å². The van der Waals surface area contributed by atoms with Crippen LogP contribution in [0.4, 0.5) is 0 Å². The predicted molar refractivity (Wildman–Crippen MR) is 52.0 cm³/mol. The van der Waals surface area contributed by atoms with Crippen LogP contribution in [0.1, 0.15) is 18.2 Å². The van der Waals surface area contributed by atoms with Crippen molar-refractivity contribution < 1.29 is 5.11 Å². The topological polar surface area (TPSA) is 20.2 Å². The monoisotopic (exact) mass is 234 g/mol. The Bertz CT molecular complexity index is 222. The Labute approximate surface area is 79.2 Å². The summed E-state index contributed by atoms with van der Waals surface area (Å²) in [6, 6.07) is 2.02. The SMILES string of the molecule is CCC(O)Cc1sccc1Br. The lowest BCUT2D eigenvalue weighted by molar-refractivity contribution is 0.171. The van der Waals surface area contributed by atoms with Crippen molar-refractivity contribution in [3.63, 3.8) is 0 Å². The molecule has 0 saturated heterocycles. The molecule has 1 unspecified atom stereocenters. The number of hydrogen-bond acceptors (Lipinski definition) is 2. The van der Waals surface area contributed by atoms with Crippen molar-refractivity contribution in [2.24, 2.45) is 0 Å². The maximum absolute atomic E-state index is 9.34. The zero-order valence-corrected chi connectivity index (χ0v) is 8.78. The molecular weight excluding hydrogens is 224 g/mol. The van der Waals surface area contributed by atoms with Gasteiger partial charge in [0.25, 0.3) is 0 Å². The highest BCUT2D eigenvalue weighted by molar-refractivity contribution is 9.10. The lowest BCUT2D eigenvalue weighted by atomic mass is 10.2. The van der Waals surface area contributed by atoms with Gasteiger partial charge < -0.3 is 5.11 Å². The van der Waals surface area contributed by atoms with E-state index in [4.69, 9.17) is 0 Å². The number of aliphatic hydroxyl groups excluding tert-OH is 1. The second kappa shape index (κ2) is 4.24. The van der Waals surface area contributed by atoms with Crippen molar-refractivity contribution >= 4 is 27.3 Å². The molecule has 0 aliphatic heterocycles. The number of halogens is 1. The summed E-state index contributed by atoms with van der Waals surface area (Å²) in [5.74, 6) is 0. The molecule has 0 radical (unpaired) electrons. The van der Waals surface area contributed by atoms with Crippen LogP contribution in [0.25, 0.3) is 0 Å². The van der Waals surface area contributed by atoms with Gasteiger partial charge in [0.05, 0.1) is 6.10 Å². The summed E-state index contributed by atoms with van der Waals surface area (Å²) in [6.45, 7) is 1.99. The minimum atomic E-state index is -0.190. The Kier molecular flexibility index (Phi) is 3.55. The number of aliphatic hydroxyl groups is 1. The summed E-state index contributed by atoms with van der Waals surface area (Å²) in [7, 11) is 0. The standard InChI is InChI=1S/C8H11BrOS/c1-2-6(10)5-8-7(9)3-4-11-8/h3-4,6,10H,2,5H2,1H3. The molecule has 1 atom stereocenters. The minimum Gasteiger partial charge on any atom is -0.393 e. The summed E-state index contributed by atoms with van der Waals surface area (Å²) in [5, 5.41) is 11.4. The van der Waals surface area contributed by atoms with Crippen LogP contribution in [-0.2, 0) is 6.42 Å². The second-order valence-corrected chi connectivity index (χ2v) is 4.31. The van der Waals surface area contributed by atoms with Gasteiger partial charge in [-0.05, 0) is 33.8 Å². The highest BCUT2D eigenvalue weighted by Gasteiger charge is 2.06. The van der Waals surface area contributed by atoms with Gasteiger partial charge in [-0.1, -0.05) is 6.92 Å². The molecule has 0 fully saturated rings. The fourth-order valence-corrected chi connectivity index (χ4v) is 2.42. The Hall–Kier alpha value is 0.140. The quantitative estimate of drug-likeness (QED) is 0.854. The predicted octanol–water partition coefficient (Wildman–Crippen LogP) is 2.82. The van der Waals surface area contributed by atoms with Crippen molar-refractivity contribution in [1.29, 1.82) is 0 Å². The zero-order valence-electron chi connectivity index (χ0n) is 6.38. The first-order chi connectivity index (χ1) is 5.24. The van der Waals surface area contributed by atoms with Gasteiger partial charge in [-0.15, -0.1) is 11.3 Å². The van der Waals surface area contributed by atoms with Crippen LogP contribution in [0.3, 0.4) is 0 Å². The molecule has 0 amide bonds. The van der Waals surface area contributed by atoms with Gasteiger partial charge in [0.1, 0.15) is 0 Å². The molecule has 1 rings (SSSR count). The number of rotatable bonds is 3. The largest absolute Gasteiger partial charge is 0.393 e. The van der Waals surface area contributed by atoms with Gasteiger partial charge in [0, 0.05) is 15.8 Å². The van der Waals surface area contributed by atoms with E-state index < -0.39 is 0 Å². The molecule has 0 bridgehead atoms. The molecule has 0 aromatic carbocycles. The third-order valence-corrected chi connectivity index (χ3v) is 3.53. The fraction of sp³-hybridized carbons (Fsp3) is 0.500. The van der Waals surface area contributed by atoms with Crippen LogP contribution in [0.2, 0.25) is 0 Å². The molecule has 0 saturated carbocycles. The normalized spacial score (nSPS) is 13.4. The van der Waals surface area contributed by atoms with E-state index in [1.807, 2.05) is 18.4 Å². The molecule has 1 heterocycles. The highest BCUT2D eigenvalue weighted by Crippen LogP contribution is 2.24. The van der Waals surface area contributed by atoms with Crippen LogP contribution in [-0.4, -0.2) is 11.2 Å². The third-order valence-electron chi connectivity index (χ3n) is 1.58. The molecule has 1 nitrogen and oxygen atoms in total. The van der Waals surface area contributed by atoms with Crippen molar-refractivity contribution in [3.8, 4) is 0 Å². The Balaban J connectivity index is 2.56. The van der Waals surface area contributed by atoms with Gasteiger partial charge in [0.15, 0.2) is 0 Å².